The lowest BCUT2D eigenvalue weighted by atomic mass is 10.1. The summed E-state index contributed by atoms with van der Waals surface area (Å²) < 4.78 is 32.2. The molecule has 0 saturated heterocycles. The molecule has 0 radical (unpaired) electrons. The molecule has 0 unspecified atom stereocenters. The molecule has 0 atom stereocenters. The summed E-state index contributed by atoms with van der Waals surface area (Å²) in [6.45, 7) is 3.92. The lowest BCUT2D eigenvalue weighted by Gasteiger charge is -2.19. The zero-order chi connectivity index (χ0) is 20.3. The van der Waals surface area contributed by atoms with Gasteiger partial charge in [-0.2, -0.15) is 0 Å². The summed E-state index contributed by atoms with van der Waals surface area (Å²) in [7, 11) is -2.23. The summed E-state index contributed by atoms with van der Waals surface area (Å²) in [6, 6.07) is 19.9. The molecule has 28 heavy (non-hydrogen) atoms. The molecule has 0 spiro atoms. The van der Waals surface area contributed by atoms with E-state index >= 15 is 0 Å². The summed E-state index contributed by atoms with van der Waals surface area (Å²) in [5.41, 5.74) is 2.97. The maximum Gasteiger partial charge on any atom is 0.343 e. The van der Waals surface area contributed by atoms with E-state index in [1.165, 1.54) is 35.6 Å². The van der Waals surface area contributed by atoms with Gasteiger partial charge in [-0.3, -0.25) is 4.31 Å². The van der Waals surface area contributed by atoms with Crippen molar-refractivity contribution < 1.29 is 17.9 Å². The standard InChI is InChI=1S/C22H21NO4S/c1-16-9-12-20(15-17(16)2)27-22(24)18-10-13-21(14-11-18)28(25,26)23(3)19-7-5-4-6-8-19/h4-15H,1-3H3. The number of carbonyl (C=O) groups excluding carboxylic acids is 1. The predicted molar refractivity (Wildman–Crippen MR) is 109 cm³/mol. The van der Waals surface area contributed by atoms with E-state index in [-0.39, 0.29) is 10.5 Å². The summed E-state index contributed by atoms with van der Waals surface area (Å²) in [6.07, 6.45) is 0. The summed E-state index contributed by atoms with van der Waals surface area (Å²) in [5.74, 6) is -0.0859. The number of nitrogens with zero attached hydrogens (tertiary/aromatic N) is 1. The van der Waals surface area contributed by atoms with Crippen LogP contribution in [0.1, 0.15) is 21.5 Å². The van der Waals surface area contributed by atoms with Crippen molar-refractivity contribution in [1.82, 2.24) is 0 Å². The van der Waals surface area contributed by atoms with Crippen molar-refractivity contribution in [3.8, 4) is 5.75 Å². The maximum atomic E-state index is 12.8. The molecular weight excluding hydrogens is 374 g/mol. The van der Waals surface area contributed by atoms with Crippen LogP contribution in [0, 0.1) is 13.8 Å². The number of anilines is 1. The van der Waals surface area contributed by atoms with Crippen molar-refractivity contribution in [3.05, 3.63) is 89.5 Å². The normalized spacial score (nSPS) is 11.1. The highest BCUT2D eigenvalue weighted by Gasteiger charge is 2.21. The molecule has 0 aliphatic heterocycles. The number of aryl methyl sites for hydroxylation is 2. The SMILES string of the molecule is Cc1ccc(OC(=O)c2ccc(S(=O)(=O)N(C)c3ccccc3)cc2)cc1C. The highest BCUT2D eigenvalue weighted by Crippen LogP contribution is 2.23. The average Bonchev–Trinajstić information content (AvgIpc) is 2.71. The largest absolute Gasteiger partial charge is 0.423 e. The molecule has 0 fully saturated rings. The van der Waals surface area contributed by atoms with E-state index in [1.54, 1.807) is 36.4 Å². The monoisotopic (exact) mass is 395 g/mol. The van der Waals surface area contributed by atoms with Crippen LogP contribution < -0.4 is 9.04 Å². The van der Waals surface area contributed by atoms with Gasteiger partial charge < -0.3 is 4.74 Å². The average molecular weight is 395 g/mol. The van der Waals surface area contributed by atoms with Crippen LogP contribution in [0.3, 0.4) is 0 Å². The first-order valence-electron chi connectivity index (χ1n) is 8.72. The first kappa shape index (κ1) is 19.6. The van der Waals surface area contributed by atoms with Crippen LogP contribution in [-0.4, -0.2) is 21.4 Å². The van der Waals surface area contributed by atoms with Crippen LogP contribution in [0.2, 0.25) is 0 Å². The van der Waals surface area contributed by atoms with Gasteiger partial charge in [-0.25, -0.2) is 13.2 Å². The quantitative estimate of drug-likeness (QED) is 0.476. The molecular formula is C22H21NO4S. The van der Waals surface area contributed by atoms with Gasteiger partial charge in [0.15, 0.2) is 0 Å². The third-order valence-corrected chi connectivity index (χ3v) is 6.36. The van der Waals surface area contributed by atoms with Crippen LogP contribution in [0.15, 0.2) is 77.7 Å². The minimum Gasteiger partial charge on any atom is -0.423 e. The second-order valence-corrected chi connectivity index (χ2v) is 8.44. The number of hydrogen-bond acceptors (Lipinski definition) is 4. The van der Waals surface area contributed by atoms with Gasteiger partial charge in [0.2, 0.25) is 0 Å². The number of hydrogen-bond donors (Lipinski definition) is 0. The number of benzene rings is 3. The van der Waals surface area contributed by atoms with Crippen molar-refractivity contribution >= 4 is 21.7 Å². The Morgan fingerprint density at radius 1 is 0.857 bits per heavy atom. The smallest absolute Gasteiger partial charge is 0.343 e. The molecule has 0 aliphatic rings. The van der Waals surface area contributed by atoms with Gasteiger partial charge in [-0.15, -0.1) is 0 Å². The van der Waals surface area contributed by atoms with E-state index in [4.69, 9.17) is 4.74 Å². The molecule has 0 saturated carbocycles. The van der Waals surface area contributed by atoms with Crippen molar-refractivity contribution in [2.24, 2.45) is 0 Å². The topological polar surface area (TPSA) is 63.7 Å². The van der Waals surface area contributed by atoms with E-state index in [2.05, 4.69) is 0 Å². The van der Waals surface area contributed by atoms with E-state index < -0.39 is 16.0 Å². The summed E-state index contributed by atoms with van der Waals surface area (Å²) in [4.78, 5) is 12.4. The molecule has 0 heterocycles. The van der Waals surface area contributed by atoms with Crippen LogP contribution in [-0.2, 0) is 10.0 Å². The maximum absolute atomic E-state index is 12.8. The second-order valence-electron chi connectivity index (χ2n) is 6.47. The Bertz CT molecular complexity index is 1090. The molecule has 144 valence electrons. The number of rotatable bonds is 5. The molecule has 0 aliphatic carbocycles. The van der Waals surface area contributed by atoms with Crippen LogP contribution in [0.5, 0.6) is 5.75 Å². The van der Waals surface area contributed by atoms with Crippen LogP contribution in [0.4, 0.5) is 5.69 Å². The molecule has 3 aromatic carbocycles. The van der Waals surface area contributed by atoms with Crippen LogP contribution >= 0.6 is 0 Å². The molecule has 0 amide bonds. The Balaban J connectivity index is 1.78. The molecule has 0 aromatic heterocycles. The number of esters is 1. The number of para-hydroxylation sites is 1. The van der Waals surface area contributed by atoms with Gasteiger partial charge in [0, 0.05) is 7.05 Å². The molecule has 0 bridgehead atoms. The van der Waals surface area contributed by atoms with Gasteiger partial charge in [0.05, 0.1) is 16.1 Å². The zero-order valence-corrected chi connectivity index (χ0v) is 16.7. The first-order chi connectivity index (χ1) is 13.3. The number of carbonyl (C=O) groups is 1. The minimum absolute atomic E-state index is 0.0987. The third kappa shape index (κ3) is 4.07. The van der Waals surface area contributed by atoms with Gasteiger partial charge in [-0.1, -0.05) is 24.3 Å². The summed E-state index contributed by atoms with van der Waals surface area (Å²) >= 11 is 0. The highest BCUT2D eigenvalue weighted by atomic mass is 32.2. The second kappa shape index (κ2) is 7.86. The fourth-order valence-electron chi connectivity index (χ4n) is 2.64. The van der Waals surface area contributed by atoms with Crippen molar-refractivity contribution in [3.63, 3.8) is 0 Å². The lowest BCUT2D eigenvalue weighted by Crippen LogP contribution is -2.26. The van der Waals surface area contributed by atoms with Crippen molar-refractivity contribution in [2.45, 2.75) is 18.7 Å². The highest BCUT2D eigenvalue weighted by molar-refractivity contribution is 7.92. The lowest BCUT2D eigenvalue weighted by molar-refractivity contribution is 0.0734. The predicted octanol–water partition coefficient (Wildman–Crippen LogP) is 4.35. The van der Waals surface area contributed by atoms with E-state index in [0.29, 0.717) is 11.4 Å². The fraction of sp³-hybridized carbons (Fsp3) is 0.136. The zero-order valence-electron chi connectivity index (χ0n) is 15.9. The van der Waals surface area contributed by atoms with E-state index in [0.717, 1.165) is 11.1 Å². The van der Waals surface area contributed by atoms with Gasteiger partial charge in [-0.05, 0) is 73.5 Å². The van der Waals surface area contributed by atoms with Crippen molar-refractivity contribution in [1.29, 1.82) is 0 Å². The molecule has 6 heteroatoms. The number of ether oxygens (including phenoxy) is 1. The molecule has 3 aromatic rings. The van der Waals surface area contributed by atoms with E-state index in [9.17, 15) is 13.2 Å². The fourth-order valence-corrected chi connectivity index (χ4v) is 3.84. The Morgan fingerprint density at radius 3 is 2.11 bits per heavy atom. The molecule has 0 N–H and O–H groups in total. The summed E-state index contributed by atoms with van der Waals surface area (Å²) in [5, 5.41) is 0. The van der Waals surface area contributed by atoms with Gasteiger partial charge >= 0.3 is 5.97 Å². The number of sulfonamides is 1. The third-order valence-electron chi connectivity index (χ3n) is 4.56. The Hall–Kier alpha value is -3.12. The molecule has 5 nitrogen and oxygen atoms in total. The Morgan fingerprint density at radius 2 is 1.50 bits per heavy atom. The molecule has 3 rings (SSSR count). The van der Waals surface area contributed by atoms with Crippen LogP contribution in [0.25, 0.3) is 0 Å². The van der Waals surface area contributed by atoms with Gasteiger partial charge in [0.25, 0.3) is 10.0 Å². The Labute approximate surface area is 165 Å². The van der Waals surface area contributed by atoms with Gasteiger partial charge in [0.1, 0.15) is 5.75 Å². The van der Waals surface area contributed by atoms with Crippen molar-refractivity contribution in [2.75, 3.05) is 11.4 Å². The Kier molecular flexibility index (Phi) is 5.51. The minimum atomic E-state index is -3.72. The van der Waals surface area contributed by atoms with E-state index in [1.807, 2.05) is 26.0 Å². The first-order valence-corrected chi connectivity index (χ1v) is 10.2.